The third kappa shape index (κ3) is 3.56. The van der Waals surface area contributed by atoms with E-state index in [4.69, 9.17) is 0 Å². The van der Waals surface area contributed by atoms with Gasteiger partial charge in [0.1, 0.15) is 6.04 Å². The van der Waals surface area contributed by atoms with E-state index in [1.807, 2.05) is 26.0 Å². The lowest BCUT2D eigenvalue weighted by Crippen LogP contribution is -2.53. The average molecular weight is 355 g/mol. The number of likely N-dealkylation sites (tertiary alicyclic amines) is 1. The van der Waals surface area contributed by atoms with Crippen LogP contribution < -0.4 is 5.32 Å². The van der Waals surface area contributed by atoms with Crippen LogP contribution in [0.5, 0.6) is 0 Å². The number of benzene rings is 1. The fourth-order valence-electron chi connectivity index (χ4n) is 2.66. The van der Waals surface area contributed by atoms with E-state index in [2.05, 4.69) is 21.2 Å². The van der Waals surface area contributed by atoms with Crippen molar-refractivity contribution in [3.8, 4) is 0 Å². The van der Waals surface area contributed by atoms with E-state index in [-0.39, 0.29) is 11.9 Å². The number of halogens is 1. The van der Waals surface area contributed by atoms with Gasteiger partial charge in [0.2, 0.25) is 0 Å². The largest absolute Gasteiger partial charge is 0.480 e. The molecule has 1 aliphatic heterocycles. The van der Waals surface area contributed by atoms with Crippen LogP contribution in [-0.4, -0.2) is 34.6 Å². The number of carbonyl (C=O) groups is 2. The van der Waals surface area contributed by atoms with Crippen LogP contribution in [0.15, 0.2) is 22.7 Å². The van der Waals surface area contributed by atoms with Crippen molar-refractivity contribution in [2.45, 2.75) is 32.7 Å². The number of carboxylic acid groups (broad SMARTS) is 1. The van der Waals surface area contributed by atoms with Crippen LogP contribution in [0.25, 0.3) is 0 Å². The van der Waals surface area contributed by atoms with E-state index in [9.17, 15) is 14.7 Å². The van der Waals surface area contributed by atoms with Gasteiger partial charge in [-0.1, -0.05) is 28.9 Å². The summed E-state index contributed by atoms with van der Waals surface area (Å²) in [6.07, 6.45) is 1.66. The molecule has 0 saturated carbocycles. The number of urea groups is 1. The summed E-state index contributed by atoms with van der Waals surface area (Å²) < 4.78 is 0.905. The SMILES string of the molecule is Cc1ccc(NC(=O)N2CCCC(C)C2C(=O)O)cc1Br. The molecule has 6 heteroatoms. The number of nitrogens with zero attached hydrogens (tertiary/aromatic N) is 1. The highest BCUT2D eigenvalue weighted by atomic mass is 79.9. The molecule has 5 nitrogen and oxygen atoms in total. The molecule has 1 aromatic carbocycles. The number of carboxylic acids is 1. The summed E-state index contributed by atoms with van der Waals surface area (Å²) >= 11 is 3.42. The second-order valence-corrected chi connectivity index (χ2v) is 6.34. The Bertz CT molecular complexity index is 562. The molecule has 2 N–H and O–H groups in total. The Hall–Kier alpha value is -1.56. The minimum atomic E-state index is -0.942. The first-order valence-corrected chi connectivity index (χ1v) is 7.76. The van der Waals surface area contributed by atoms with Crippen molar-refractivity contribution in [2.24, 2.45) is 5.92 Å². The molecule has 1 aliphatic rings. The number of carbonyl (C=O) groups excluding carboxylic acids is 1. The predicted octanol–water partition coefficient (Wildman–Crippen LogP) is 3.47. The van der Waals surface area contributed by atoms with Crippen LogP contribution >= 0.6 is 15.9 Å². The van der Waals surface area contributed by atoms with Crippen molar-refractivity contribution in [1.29, 1.82) is 0 Å². The van der Waals surface area contributed by atoms with Gasteiger partial charge in [0.05, 0.1) is 0 Å². The third-order valence-electron chi connectivity index (χ3n) is 3.87. The number of hydrogen-bond acceptors (Lipinski definition) is 2. The van der Waals surface area contributed by atoms with Gasteiger partial charge in [0.15, 0.2) is 0 Å². The van der Waals surface area contributed by atoms with Crippen molar-refractivity contribution in [3.63, 3.8) is 0 Å². The lowest BCUT2D eigenvalue weighted by atomic mass is 9.91. The third-order valence-corrected chi connectivity index (χ3v) is 4.72. The molecule has 2 amide bonds. The van der Waals surface area contributed by atoms with E-state index < -0.39 is 12.0 Å². The molecule has 21 heavy (non-hydrogen) atoms. The van der Waals surface area contributed by atoms with E-state index in [0.717, 1.165) is 22.9 Å². The highest BCUT2D eigenvalue weighted by Gasteiger charge is 2.37. The maximum atomic E-state index is 12.4. The van der Waals surface area contributed by atoms with Crippen molar-refractivity contribution in [3.05, 3.63) is 28.2 Å². The molecule has 1 aromatic rings. The van der Waals surface area contributed by atoms with Gasteiger partial charge in [-0.15, -0.1) is 0 Å². The smallest absolute Gasteiger partial charge is 0.326 e. The Kier molecular flexibility index (Phi) is 4.88. The fraction of sp³-hybridized carbons (Fsp3) is 0.467. The van der Waals surface area contributed by atoms with E-state index in [1.54, 1.807) is 6.07 Å². The molecule has 2 rings (SSSR count). The van der Waals surface area contributed by atoms with Gasteiger partial charge in [0, 0.05) is 16.7 Å². The zero-order valence-corrected chi connectivity index (χ0v) is 13.7. The van der Waals surface area contributed by atoms with E-state index >= 15 is 0 Å². The minimum absolute atomic E-state index is 0.0354. The van der Waals surface area contributed by atoms with Gasteiger partial charge in [-0.05, 0) is 43.4 Å². The highest BCUT2D eigenvalue weighted by Crippen LogP contribution is 2.25. The Morgan fingerprint density at radius 2 is 2.14 bits per heavy atom. The van der Waals surface area contributed by atoms with Crippen molar-refractivity contribution < 1.29 is 14.7 Å². The molecule has 2 unspecified atom stereocenters. The normalized spacial score (nSPS) is 22.0. The number of hydrogen-bond donors (Lipinski definition) is 2. The molecule has 2 atom stereocenters. The number of anilines is 1. The van der Waals surface area contributed by atoms with Crippen molar-refractivity contribution in [1.82, 2.24) is 4.90 Å². The fourth-order valence-corrected chi connectivity index (χ4v) is 3.04. The summed E-state index contributed by atoms with van der Waals surface area (Å²) in [6, 6.07) is 4.41. The summed E-state index contributed by atoms with van der Waals surface area (Å²) in [6.45, 7) is 4.31. The summed E-state index contributed by atoms with van der Waals surface area (Å²) in [5.41, 5.74) is 1.72. The minimum Gasteiger partial charge on any atom is -0.480 e. The van der Waals surface area contributed by atoms with E-state index in [1.165, 1.54) is 4.90 Å². The molecule has 1 fully saturated rings. The van der Waals surface area contributed by atoms with E-state index in [0.29, 0.717) is 12.2 Å². The quantitative estimate of drug-likeness (QED) is 0.853. The van der Waals surface area contributed by atoms with Crippen LogP contribution in [0.4, 0.5) is 10.5 Å². The van der Waals surface area contributed by atoms with Crippen LogP contribution in [-0.2, 0) is 4.79 Å². The maximum absolute atomic E-state index is 12.4. The van der Waals surface area contributed by atoms with Gasteiger partial charge in [0.25, 0.3) is 0 Å². The first-order valence-electron chi connectivity index (χ1n) is 6.96. The molecule has 0 spiro atoms. The van der Waals surface area contributed by atoms with Gasteiger partial charge in [-0.2, -0.15) is 0 Å². The molecule has 0 aromatic heterocycles. The maximum Gasteiger partial charge on any atom is 0.326 e. The van der Waals surface area contributed by atoms with Gasteiger partial charge >= 0.3 is 12.0 Å². The van der Waals surface area contributed by atoms with Crippen LogP contribution in [0.2, 0.25) is 0 Å². The summed E-state index contributed by atoms with van der Waals surface area (Å²) in [4.78, 5) is 25.2. The Labute approximate surface area is 132 Å². The number of piperidine rings is 1. The predicted molar refractivity (Wildman–Crippen MR) is 84.4 cm³/mol. The second-order valence-electron chi connectivity index (χ2n) is 5.49. The summed E-state index contributed by atoms with van der Waals surface area (Å²) in [5.74, 6) is -0.978. The van der Waals surface area contributed by atoms with Gasteiger partial charge < -0.3 is 15.3 Å². The van der Waals surface area contributed by atoms with Crippen LogP contribution in [0.1, 0.15) is 25.3 Å². The molecule has 0 radical (unpaired) electrons. The summed E-state index contributed by atoms with van der Waals surface area (Å²) in [5, 5.41) is 12.1. The molecule has 0 aliphatic carbocycles. The van der Waals surface area contributed by atoms with Crippen LogP contribution in [0.3, 0.4) is 0 Å². The number of nitrogens with one attached hydrogen (secondary N) is 1. The lowest BCUT2D eigenvalue weighted by molar-refractivity contribution is -0.145. The first kappa shape index (κ1) is 15.8. The van der Waals surface area contributed by atoms with Crippen molar-refractivity contribution in [2.75, 3.05) is 11.9 Å². The van der Waals surface area contributed by atoms with Gasteiger partial charge in [-0.25, -0.2) is 9.59 Å². The zero-order chi connectivity index (χ0) is 15.6. The number of aliphatic carboxylic acids is 1. The Morgan fingerprint density at radius 1 is 1.43 bits per heavy atom. The Morgan fingerprint density at radius 3 is 2.76 bits per heavy atom. The number of amides is 2. The number of aryl methyl sites for hydroxylation is 1. The summed E-state index contributed by atoms with van der Waals surface area (Å²) in [7, 11) is 0. The monoisotopic (exact) mass is 354 g/mol. The topological polar surface area (TPSA) is 69.6 Å². The van der Waals surface area contributed by atoms with Gasteiger partial charge in [-0.3, -0.25) is 0 Å². The average Bonchev–Trinajstić information content (AvgIpc) is 2.42. The zero-order valence-electron chi connectivity index (χ0n) is 12.1. The lowest BCUT2D eigenvalue weighted by Gasteiger charge is -2.37. The van der Waals surface area contributed by atoms with Crippen LogP contribution in [0, 0.1) is 12.8 Å². The first-order chi connectivity index (χ1) is 9.90. The molecular weight excluding hydrogens is 336 g/mol. The molecule has 114 valence electrons. The van der Waals surface area contributed by atoms with Crippen molar-refractivity contribution >= 4 is 33.6 Å². The number of rotatable bonds is 2. The standard InChI is InChI=1S/C15H19BrN2O3/c1-9-5-6-11(8-12(9)16)17-15(21)18-7-3-4-10(2)13(18)14(19)20/h5-6,8,10,13H,3-4,7H2,1-2H3,(H,17,21)(H,19,20). The molecule has 1 heterocycles. The molecule has 0 bridgehead atoms. The molecule has 1 saturated heterocycles. The highest BCUT2D eigenvalue weighted by molar-refractivity contribution is 9.10. The Balaban J connectivity index is 2.14. The molecular formula is C15H19BrN2O3. The second kappa shape index (κ2) is 6.47.